The van der Waals surface area contributed by atoms with E-state index in [-0.39, 0.29) is 11.1 Å². The fourth-order valence-corrected chi connectivity index (χ4v) is 3.72. The molecular formula is C28H24FNO6. The summed E-state index contributed by atoms with van der Waals surface area (Å²) < 4.78 is 25.3. The highest BCUT2D eigenvalue weighted by molar-refractivity contribution is 5.96. The van der Waals surface area contributed by atoms with Crippen LogP contribution in [0.5, 0.6) is 0 Å². The summed E-state index contributed by atoms with van der Waals surface area (Å²) in [4.78, 5) is 29.8. The summed E-state index contributed by atoms with van der Waals surface area (Å²) in [6.45, 7) is -0.609. The molecule has 0 saturated heterocycles. The number of nitrogens with zero attached hydrogens (tertiary/aromatic N) is 1. The van der Waals surface area contributed by atoms with Crippen LogP contribution in [0.25, 0.3) is 21.5 Å². The van der Waals surface area contributed by atoms with Gasteiger partial charge in [0.05, 0.1) is 17.3 Å². The largest absolute Gasteiger partial charge is 0.459 e. The number of esters is 2. The molecule has 184 valence electrons. The number of carbonyl (C=O) groups is 2. The van der Waals surface area contributed by atoms with E-state index in [9.17, 15) is 19.1 Å². The van der Waals surface area contributed by atoms with Crippen molar-refractivity contribution in [3.63, 3.8) is 0 Å². The Bertz CT molecular complexity index is 1410. The minimum atomic E-state index is -2.02. The predicted molar refractivity (Wildman–Crippen MR) is 134 cm³/mol. The predicted octanol–water partition coefficient (Wildman–Crippen LogP) is 4.71. The second kappa shape index (κ2) is 11.4. The van der Waals surface area contributed by atoms with Crippen LogP contribution in [0.4, 0.5) is 4.39 Å². The maximum Gasteiger partial charge on any atom is 0.338 e. The Balaban J connectivity index is 1.47. The topological polar surface area (TPSA) is 94.4 Å². The van der Waals surface area contributed by atoms with Crippen LogP contribution in [0.15, 0.2) is 90.1 Å². The number of aliphatic hydroxyl groups excluding tert-OH is 1. The summed E-state index contributed by atoms with van der Waals surface area (Å²) >= 11 is 0. The van der Waals surface area contributed by atoms with Gasteiger partial charge in [0.15, 0.2) is 12.3 Å². The standard InChI is InChI=1S/C28H24FNO6/c1-34-30-16-24(29)26(36-28(33)23-13-11-19-7-3-5-9-21(19)15-23)25(31)17-35-27(32)22-12-10-18-6-2-4-8-20(18)14-22/h2-16,24-26,31H,17H2,1H3/b30-16-/t24-,25-,26+/m1/s1. The molecule has 0 amide bonds. The number of rotatable bonds is 9. The lowest BCUT2D eigenvalue weighted by Crippen LogP contribution is -2.43. The molecule has 0 aliphatic carbocycles. The van der Waals surface area contributed by atoms with E-state index >= 15 is 0 Å². The van der Waals surface area contributed by atoms with Crippen LogP contribution in [0.1, 0.15) is 20.7 Å². The molecule has 0 aromatic heterocycles. The first-order valence-corrected chi connectivity index (χ1v) is 11.2. The monoisotopic (exact) mass is 489 g/mol. The van der Waals surface area contributed by atoms with Crippen molar-refractivity contribution in [2.24, 2.45) is 5.16 Å². The van der Waals surface area contributed by atoms with Gasteiger partial charge in [0.25, 0.3) is 0 Å². The summed E-state index contributed by atoms with van der Waals surface area (Å²) in [7, 11) is 1.22. The fourth-order valence-electron chi connectivity index (χ4n) is 3.72. The molecule has 7 nitrogen and oxygen atoms in total. The summed E-state index contributed by atoms with van der Waals surface area (Å²) in [6, 6.07) is 24.8. The van der Waals surface area contributed by atoms with E-state index in [1.165, 1.54) is 7.11 Å². The Morgan fingerprint density at radius 2 is 1.39 bits per heavy atom. The van der Waals surface area contributed by atoms with Gasteiger partial charge in [-0.25, -0.2) is 14.0 Å². The van der Waals surface area contributed by atoms with Gasteiger partial charge in [0.1, 0.15) is 19.8 Å². The molecule has 0 unspecified atom stereocenters. The average Bonchev–Trinajstić information content (AvgIpc) is 2.92. The molecule has 0 spiro atoms. The smallest absolute Gasteiger partial charge is 0.338 e. The van der Waals surface area contributed by atoms with E-state index in [1.807, 2.05) is 48.5 Å². The molecule has 36 heavy (non-hydrogen) atoms. The molecule has 1 N–H and O–H groups in total. The lowest BCUT2D eigenvalue weighted by molar-refractivity contribution is -0.0594. The van der Waals surface area contributed by atoms with E-state index in [1.54, 1.807) is 36.4 Å². The Morgan fingerprint density at radius 3 is 1.94 bits per heavy atom. The zero-order valence-corrected chi connectivity index (χ0v) is 19.4. The van der Waals surface area contributed by atoms with Crippen LogP contribution in [0, 0.1) is 0 Å². The summed E-state index contributed by atoms with van der Waals surface area (Å²) in [5, 5.41) is 17.5. The first-order chi connectivity index (χ1) is 17.5. The molecule has 0 bridgehead atoms. The summed E-state index contributed by atoms with van der Waals surface area (Å²) in [5.74, 6) is -1.56. The Kier molecular flexibility index (Phi) is 7.87. The van der Waals surface area contributed by atoms with Gasteiger partial charge in [-0.2, -0.15) is 0 Å². The van der Waals surface area contributed by atoms with Gasteiger partial charge in [-0.3, -0.25) is 0 Å². The minimum Gasteiger partial charge on any atom is -0.459 e. The second-order valence-electron chi connectivity index (χ2n) is 8.04. The number of halogens is 1. The van der Waals surface area contributed by atoms with Crippen molar-refractivity contribution in [1.29, 1.82) is 0 Å². The molecule has 4 aromatic rings. The van der Waals surface area contributed by atoms with Crippen molar-refractivity contribution >= 4 is 39.7 Å². The van der Waals surface area contributed by atoms with Gasteiger partial charge in [-0.1, -0.05) is 65.8 Å². The van der Waals surface area contributed by atoms with Crippen LogP contribution in [0.2, 0.25) is 0 Å². The van der Waals surface area contributed by atoms with Crippen LogP contribution in [-0.4, -0.2) is 55.4 Å². The number of carbonyl (C=O) groups excluding carboxylic acids is 2. The van der Waals surface area contributed by atoms with E-state index in [0.717, 1.165) is 27.8 Å². The molecule has 4 rings (SSSR count). The highest BCUT2D eigenvalue weighted by Crippen LogP contribution is 2.20. The normalized spacial score (nSPS) is 13.9. The molecule has 0 saturated carbocycles. The number of oxime groups is 1. The molecule has 0 heterocycles. The lowest BCUT2D eigenvalue weighted by Gasteiger charge is -2.24. The van der Waals surface area contributed by atoms with Crippen molar-refractivity contribution < 1.29 is 33.4 Å². The number of hydrogen-bond donors (Lipinski definition) is 1. The van der Waals surface area contributed by atoms with E-state index in [2.05, 4.69) is 9.99 Å². The third kappa shape index (κ3) is 5.84. The Labute approximate surface area is 206 Å². The van der Waals surface area contributed by atoms with Gasteiger partial charge >= 0.3 is 11.9 Å². The zero-order chi connectivity index (χ0) is 25.5. The molecule has 3 atom stereocenters. The quantitative estimate of drug-likeness (QED) is 0.208. The Hall–Kier alpha value is -4.30. The SMILES string of the molecule is CO/N=C\[C@@H](F)[C@H](OC(=O)c1ccc2ccccc2c1)[C@H](O)COC(=O)c1ccc2ccccc2c1. The van der Waals surface area contributed by atoms with Crippen LogP contribution >= 0.6 is 0 Å². The van der Waals surface area contributed by atoms with Gasteiger partial charge < -0.3 is 19.4 Å². The first-order valence-electron chi connectivity index (χ1n) is 11.2. The molecule has 0 radical (unpaired) electrons. The molecule has 0 fully saturated rings. The van der Waals surface area contributed by atoms with Crippen LogP contribution in [-0.2, 0) is 14.3 Å². The highest BCUT2D eigenvalue weighted by Gasteiger charge is 2.33. The molecule has 0 aliphatic heterocycles. The lowest BCUT2D eigenvalue weighted by atomic mass is 10.1. The van der Waals surface area contributed by atoms with E-state index in [0.29, 0.717) is 0 Å². The maximum absolute atomic E-state index is 14.8. The third-order valence-electron chi connectivity index (χ3n) is 5.60. The van der Waals surface area contributed by atoms with Crippen molar-refractivity contribution in [3.05, 3.63) is 96.1 Å². The summed E-state index contributed by atoms with van der Waals surface area (Å²) in [5.41, 5.74) is 0.443. The minimum absolute atomic E-state index is 0.176. The van der Waals surface area contributed by atoms with Crippen molar-refractivity contribution in [2.45, 2.75) is 18.4 Å². The number of aliphatic hydroxyl groups is 1. The number of ether oxygens (including phenoxy) is 2. The number of fused-ring (bicyclic) bond motifs is 2. The number of benzene rings is 4. The molecular weight excluding hydrogens is 465 g/mol. The molecule has 4 aromatic carbocycles. The van der Waals surface area contributed by atoms with Crippen molar-refractivity contribution in [3.8, 4) is 0 Å². The van der Waals surface area contributed by atoms with Gasteiger partial charge in [-0.15, -0.1) is 0 Å². The second-order valence-corrected chi connectivity index (χ2v) is 8.04. The third-order valence-corrected chi connectivity index (χ3v) is 5.60. The fraction of sp³-hybridized carbons (Fsp3) is 0.179. The van der Waals surface area contributed by atoms with Gasteiger partial charge in [-0.05, 0) is 45.8 Å². The molecule has 0 aliphatic rings. The number of hydrogen-bond acceptors (Lipinski definition) is 7. The van der Waals surface area contributed by atoms with Gasteiger partial charge in [0.2, 0.25) is 0 Å². The van der Waals surface area contributed by atoms with Crippen molar-refractivity contribution in [2.75, 3.05) is 13.7 Å². The average molecular weight is 489 g/mol. The summed E-state index contributed by atoms with van der Waals surface area (Å²) in [6.07, 6.45) is -4.64. The first kappa shape index (κ1) is 24.8. The van der Waals surface area contributed by atoms with Crippen molar-refractivity contribution in [1.82, 2.24) is 0 Å². The number of alkyl halides is 1. The Morgan fingerprint density at radius 1 is 0.861 bits per heavy atom. The highest BCUT2D eigenvalue weighted by atomic mass is 19.1. The van der Waals surface area contributed by atoms with E-state index in [4.69, 9.17) is 9.47 Å². The maximum atomic E-state index is 14.8. The van der Waals surface area contributed by atoms with E-state index < -0.39 is 36.9 Å². The van der Waals surface area contributed by atoms with Gasteiger partial charge in [0, 0.05) is 0 Å². The van der Waals surface area contributed by atoms with Crippen LogP contribution < -0.4 is 0 Å². The molecule has 8 heteroatoms. The van der Waals surface area contributed by atoms with Crippen LogP contribution in [0.3, 0.4) is 0 Å². The zero-order valence-electron chi connectivity index (χ0n) is 19.4.